The Kier molecular flexibility index (Phi) is 33.5. The Bertz CT molecular complexity index is 995. The van der Waals surface area contributed by atoms with Crippen molar-refractivity contribution in [3.63, 3.8) is 0 Å². The minimum Gasteiger partial charge on any atom is -0.544 e. The number of ether oxygens (including phenoxy) is 3. The van der Waals surface area contributed by atoms with E-state index in [0.717, 1.165) is 77.0 Å². The van der Waals surface area contributed by atoms with Crippen molar-refractivity contribution in [1.82, 2.24) is 0 Å². The van der Waals surface area contributed by atoms with Gasteiger partial charge in [0.1, 0.15) is 12.6 Å². The van der Waals surface area contributed by atoms with E-state index in [4.69, 9.17) is 14.2 Å². The number of unbranched alkanes of at least 4 members (excludes halogenated alkanes) is 14. The molecular weight excluding hydrogens is 654 g/mol. The summed E-state index contributed by atoms with van der Waals surface area (Å²) in [6.07, 6.45) is 39.9. The van der Waals surface area contributed by atoms with Crippen LogP contribution in [0, 0.1) is 0 Å². The molecule has 0 aliphatic heterocycles. The average Bonchev–Trinajstić information content (AvgIpc) is 3.09. The standard InChI is InChI=1S/C44H77NO7/c1-6-8-10-12-14-16-17-18-19-20-21-22-23-24-25-27-29-31-33-35-43(47)52-40(38-50-37-36-41(44(48)49)45(3,4)5)39-51-42(46)34-32-30-28-26-15-13-11-9-7-2/h8,10,14,16,18-19,21-22,40-41H,6-7,9,11-13,15,17,20,23-39H2,1-5H3/b10-8-,16-14-,19-18-,22-21-. The number of aliphatic carboxylic acids is 1. The molecule has 0 spiro atoms. The molecule has 0 saturated carbocycles. The van der Waals surface area contributed by atoms with E-state index < -0.39 is 18.1 Å². The third-order valence-corrected chi connectivity index (χ3v) is 8.98. The van der Waals surface area contributed by atoms with E-state index in [2.05, 4.69) is 62.5 Å². The number of carboxylic acids is 1. The maximum atomic E-state index is 12.7. The molecule has 0 heterocycles. The summed E-state index contributed by atoms with van der Waals surface area (Å²) in [6, 6.07) is -0.727. The number of likely N-dealkylation sites (N-methyl/N-ethyl adjacent to an activating group) is 1. The first-order valence-electron chi connectivity index (χ1n) is 20.7. The number of rotatable bonds is 36. The lowest BCUT2D eigenvalue weighted by Gasteiger charge is -2.34. The van der Waals surface area contributed by atoms with Gasteiger partial charge in [0, 0.05) is 19.3 Å². The Morgan fingerprint density at radius 2 is 1.08 bits per heavy atom. The first-order chi connectivity index (χ1) is 25.1. The summed E-state index contributed by atoms with van der Waals surface area (Å²) in [5, 5.41) is 11.6. The number of carbonyl (C=O) groups is 3. The highest BCUT2D eigenvalue weighted by Crippen LogP contribution is 2.13. The van der Waals surface area contributed by atoms with Crippen LogP contribution in [0.5, 0.6) is 0 Å². The number of allylic oxidation sites excluding steroid dienone is 8. The fraction of sp³-hybridized carbons (Fsp3) is 0.750. The summed E-state index contributed by atoms with van der Waals surface area (Å²) in [6.45, 7) is 4.50. The fourth-order valence-corrected chi connectivity index (χ4v) is 5.77. The molecule has 0 rings (SSSR count). The SMILES string of the molecule is CC/C=C\C/C=C\C/C=C\C/C=C\CCCCCCCCC(=O)OC(COCCC(C(=O)[O-])[N+](C)(C)C)COC(=O)CCCCCCCCCCC. The van der Waals surface area contributed by atoms with Crippen molar-refractivity contribution in [2.45, 2.75) is 174 Å². The molecule has 0 saturated heterocycles. The minimum absolute atomic E-state index is 0.0350. The predicted molar refractivity (Wildman–Crippen MR) is 213 cm³/mol. The summed E-state index contributed by atoms with van der Waals surface area (Å²) < 4.78 is 17.1. The van der Waals surface area contributed by atoms with Crippen LogP contribution in [-0.2, 0) is 28.6 Å². The van der Waals surface area contributed by atoms with Crippen LogP contribution in [0.4, 0.5) is 0 Å². The second-order valence-electron chi connectivity index (χ2n) is 14.8. The number of nitrogens with zero attached hydrogens (tertiary/aromatic N) is 1. The van der Waals surface area contributed by atoms with Crippen LogP contribution in [0.1, 0.15) is 162 Å². The van der Waals surface area contributed by atoms with Crippen LogP contribution >= 0.6 is 0 Å². The quantitative estimate of drug-likeness (QED) is 0.0274. The Morgan fingerprint density at radius 1 is 0.596 bits per heavy atom. The Labute approximate surface area is 318 Å². The van der Waals surface area contributed by atoms with E-state index in [1.807, 2.05) is 0 Å². The summed E-state index contributed by atoms with van der Waals surface area (Å²) in [7, 11) is 5.39. The molecule has 0 aliphatic rings. The molecule has 0 N–H and O–H groups in total. The van der Waals surface area contributed by atoms with E-state index in [9.17, 15) is 19.5 Å². The van der Waals surface area contributed by atoms with E-state index in [1.54, 1.807) is 21.1 Å². The third kappa shape index (κ3) is 33.1. The molecule has 0 aromatic carbocycles. The summed E-state index contributed by atoms with van der Waals surface area (Å²) >= 11 is 0. The Balaban J connectivity index is 4.36. The van der Waals surface area contributed by atoms with Gasteiger partial charge in [0.15, 0.2) is 6.10 Å². The topological polar surface area (TPSA) is 102 Å². The van der Waals surface area contributed by atoms with Gasteiger partial charge in [-0.25, -0.2) is 0 Å². The van der Waals surface area contributed by atoms with Crippen LogP contribution < -0.4 is 5.11 Å². The maximum absolute atomic E-state index is 12.7. The van der Waals surface area contributed by atoms with E-state index in [-0.39, 0.29) is 42.7 Å². The van der Waals surface area contributed by atoms with Crippen LogP contribution in [0.25, 0.3) is 0 Å². The van der Waals surface area contributed by atoms with Crippen molar-refractivity contribution in [2.75, 3.05) is 41.0 Å². The second-order valence-corrected chi connectivity index (χ2v) is 14.8. The molecule has 2 atom stereocenters. The minimum atomic E-state index is -1.13. The van der Waals surface area contributed by atoms with Crippen LogP contribution in [-0.4, -0.2) is 75.5 Å². The lowest BCUT2D eigenvalue weighted by atomic mass is 10.1. The smallest absolute Gasteiger partial charge is 0.306 e. The lowest BCUT2D eigenvalue weighted by Crippen LogP contribution is -2.55. The molecule has 0 bridgehead atoms. The van der Waals surface area contributed by atoms with Gasteiger partial charge >= 0.3 is 11.9 Å². The normalized spacial score (nSPS) is 13.5. The van der Waals surface area contributed by atoms with Gasteiger partial charge in [0.2, 0.25) is 0 Å². The van der Waals surface area contributed by atoms with Gasteiger partial charge < -0.3 is 28.6 Å². The second kappa shape index (κ2) is 35.3. The highest BCUT2D eigenvalue weighted by atomic mass is 16.6. The zero-order chi connectivity index (χ0) is 38.5. The van der Waals surface area contributed by atoms with Crippen molar-refractivity contribution in [1.29, 1.82) is 0 Å². The number of carboxylic acid groups (broad SMARTS) is 1. The van der Waals surface area contributed by atoms with Crippen molar-refractivity contribution in [2.24, 2.45) is 0 Å². The molecule has 52 heavy (non-hydrogen) atoms. The Hall–Kier alpha value is -2.71. The molecule has 0 fully saturated rings. The van der Waals surface area contributed by atoms with Gasteiger partial charge in [-0.2, -0.15) is 0 Å². The van der Waals surface area contributed by atoms with Crippen molar-refractivity contribution < 1.29 is 38.2 Å². The van der Waals surface area contributed by atoms with Gasteiger partial charge in [-0.3, -0.25) is 9.59 Å². The largest absolute Gasteiger partial charge is 0.544 e. The third-order valence-electron chi connectivity index (χ3n) is 8.98. The lowest BCUT2D eigenvalue weighted by molar-refractivity contribution is -0.889. The highest BCUT2D eigenvalue weighted by Gasteiger charge is 2.25. The van der Waals surface area contributed by atoms with Gasteiger partial charge in [-0.1, -0.05) is 140 Å². The molecule has 8 heteroatoms. The van der Waals surface area contributed by atoms with Gasteiger partial charge in [-0.05, 0) is 51.4 Å². The molecule has 0 amide bonds. The molecule has 0 aliphatic carbocycles. The highest BCUT2D eigenvalue weighted by molar-refractivity contribution is 5.70. The van der Waals surface area contributed by atoms with Gasteiger partial charge in [0.05, 0.1) is 40.3 Å². The average molecular weight is 732 g/mol. The molecule has 0 aromatic rings. The monoisotopic (exact) mass is 732 g/mol. The predicted octanol–water partition coefficient (Wildman–Crippen LogP) is 9.52. The van der Waals surface area contributed by atoms with Gasteiger partial charge in [0.25, 0.3) is 0 Å². The molecular formula is C44H77NO7. The zero-order valence-corrected chi connectivity index (χ0v) is 34.0. The van der Waals surface area contributed by atoms with Crippen molar-refractivity contribution in [3.05, 3.63) is 48.6 Å². The van der Waals surface area contributed by atoms with E-state index in [1.165, 1.54) is 51.4 Å². The maximum Gasteiger partial charge on any atom is 0.306 e. The fourth-order valence-electron chi connectivity index (χ4n) is 5.77. The first-order valence-corrected chi connectivity index (χ1v) is 20.7. The molecule has 0 aromatic heterocycles. The van der Waals surface area contributed by atoms with Crippen LogP contribution in [0.2, 0.25) is 0 Å². The molecule has 8 nitrogen and oxygen atoms in total. The van der Waals surface area contributed by atoms with E-state index >= 15 is 0 Å². The number of hydrogen-bond acceptors (Lipinski definition) is 7. The Morgan fingerprint density at radius 3 is 1.60 bits per heavy atom. The molecule has 2 unspecified atom stereocenters. The first kappa shape index (κ1) is 49.3. The number of hydrogen-bond donors (Lipinski definition) is 0. The number of carbonyl (C=O) groups excluding carboxylic acids is 3. The number of quaternary nitrogens is 1. The van der Waals surface area contributed by atoms with Crippen molar-refractivity contribution in [3.8, 4) is 0 Å². The summed E-state index contributed by atoms with van der Waals surface area (Å²) in [4.78, 5) is 36.7. The molecule has 0 radical (unpaired) electrons. The summed E-state index contributed by atoms with van der Waals surface area (Å²) in [5.74, 6) is -1.76. The molecule has 300 valence electrons. The zero-order valence-electron chi connectivity index (χ0n) is 34.0. The van der Waals surface area contributed by atoms with E-state index in [0.29, 0.717) is 12.8 Å². The number of esters is 2. The van der Waals surface area contributed by atoms with Crippen LogP contribution in [0.3, 0.4) is 0 Å². The van der Waals surface area contributed by atoms with Gasteiger partial charge in [-0.15, -0.1) is 0 Å². The summed E-state index contributed by atoms with van der Waals surface area (Å²) in [5.41, 5.74) is 0. The van der Waals surface area contributed by atoms with Crippen molar-refractivity contribution >= 4 is 17.9 Å². The van der Waals surface area contributed by atoms with Crippen LogP contribution in [0.15, 0.2) is 48.6 Å².